The molecule has 36 atom stereocenters. The van der Waals surface area contributed by atoms with Gasteiger partial charge in [-0.1, -0.05) is 96.3 Å². The number of aliphatic hydroxyl groups is 18. The lowest BCUT2D eigenvalue weighted by Crippen LogP contribution is -2.62. The Morgan fingerprint density at radius 1 is 0.315 bits per heavy atom. The first-order valence-corrected chi connectivity index (χ1v) is 39.0. The van der Waals surface area contributed by atoms with Crippen molar-refractivity contribution in [1.29, 1.82) is 0 Å². The number of carboxylic acids is 3. The average molecular weight is 1620 g/mol. The van der Waals surface area contributed by atoms with E-state index in [1.165, 1.54) is 20.8 Å². The van der Waals surface area contributed by atoms with E-state index in [0.29, 0.717) is 0 Å². The number of aliphatic hydroxyl groups excluding tert-OH is 18. The van der Waals surface area contributed by atoms with Crippen LogP contribution in [0.5, 0.6) is 0 Å². The van der Waals surface area contributed by atoms with Crippen molar-refractivity contribution in [3.8, 4) is 0 Å². The Morgan fingerprint density at radius 3 is 0.892 bits per heavy atom. The summed E-state index contributed by atoms with van der Waals surface area (Å²) in [7, 11) is 0. The molecule has 6 heterocycles. The fourth-order valence-corrected chi connectivity index (χ4v) is 15.3. The Balaban J connectivity index is 0.000000231. The van der Waals surface area contributed by atoms with E-state index in [1.54, 1.807) is 20.8 Å². The van der Waals surface area contributed by atoms with Gasteiger partial charge in [-0.25, -0.2) is 14.4 Å². The van der Waals surface area contributed by atoms with Crippen LogP contribution in [-0.2, 0) is 85.4 Å². The van der Waals surface area contributed by atoms with Crippen molar-refractivity contribution in [2.75, 3.05) is 39.6 Å². The Hall–Kier alpha value is -2.91. The summed E-state index contributed by atoms with van der Waals surface area (Å²) >= 11 is 0. The number of carbonyl (C=O) groups is 3. The number of ether oxygens (including phenoxy) is 15. The number of hydrogen-bond donors (Lipinski definition) is 21. The van der Waals surface area contributed by atoms with Gasteiger partial charge in [0.05, 0.1) is 76.3 Å². The Morgan fingerprint density at radius 2 is 0.577 bits per heavy atom. The van der Waals surface area contributed by atoms with Gasteiger partial charge in [-0.3, -0.25) is 0 Å². The van der Waals surface area contributed by atoms with Crippen LogP contribution >= 0.6 is 0 Å². The second kappa shape index (κ2) is 45.9. The summed E-state index contributed by atoms with van der Waals surface area (Å²) in [6.07, 6.45) is -30.6. The highest BCUT2D eigenvalue weighted by atomic mass is 16.8. The van der Waals surface area contributed by atoms with Gasteiger partial charge in [-0.05, 0) is 78.6 Å². The van der Waals surface area contributed by atoms with Gasteiger partial charge < -0.3 is 178 Å². The number of carboxylic acid groups (broad SMARTS) is 3. The molecule has 0 bridgehead atoms. The minimum atomic E-state index is -1.59. The maximum Gasteiger partial charge on any atom is 0.332 e. The third kappa shape index (κ3) is 26.5. The van der Waals surface area contributed by atoms with Gasteiger partial charge in [-0.2, -0.15) is 0 Å². The van der Waals surface area contributed by atoms with Gasteiger partial charge in [0, 0.05) is 0 Å². The maximum absolute atomic E-state index is 12.0. The summed E-state index contributed by atoms with van der Waals surface area (Å²) in [6.45, 7) is 6.88. The molecule has 0 aromatic rings. The zero-order valence-corrected chi connectivity index (χ0v) is 63.7. The Labute approximate surface area is 643 Å². The third-order valence-corrected chi connectivity index (χ3v) is 22.4. The number of rotatable bonds is 33. The van der Waals surface area contributed by atoms with E-state index in [9.17, 15) is 122 Å². The average Bonchev–Trinajstić information content (AvgIpc) is 0.855. The normalized spacial score (nSPS) is 41.3. The summed E-state index contributed by atoms with van der Waals surface area (Å²) in [5.74, 6) is -3.11. The first-order chi connectivity index (χ1) is 52.6. The molecule has 0 aromatic heterocycles. The van der Waals surface area contributed by atoms with E-state index in [-0.39, 0.29) is 56.8 Å². The smallest absolute Gasteiger partial charge is 0.332 e. The molecule has 0 aromatic carbocycles. The molecule has 39 nitrogen and oxygen atoms in total. The lowest BCUT2D eigenvalue weighted by atomic mass is 9.85. The Kier molecular flexibility index (Phi) is 39.4. The van der Waals surface area contributed by atoms with E-state index in [4.69, 9.17) is 71.1 Å². The molecule has 13 unspecified atom stereocenters. The first kappa shape index (κ1) is 95.2. The molecule has 0 radical (unpaired) electrons. The first-order valence-electron chi connectivity index (χ1n) is 39.0. The van der Waals surface area contributed by atoms with E-state index in [1.807, 2.05) is 0 Å². The van der Waals surface area contributed by atoms with Crippen molar-refractivity contribution in [1.82, 2.24) is 0 Å². The summed E-state index contributed by atoms with van der Waals surface area (Å²) < 4.78 is 83.4. The predicted octanol–water partition coefficient (Wildman–Crippen LogP) is -4.55. The minimum Gasteiger partial charge on any atom is -0.479 e. The largest absolute Gasteiger partial charge is 0.479 e. The molecule has 111 heavy (non-hydrogen) atoms. The molecular weight excluding hydrogens is 1490 g/mol. The fraction of sp³-hybridized carbons (Fsp3) is 0.958. The van der Waals surface area contributed by atoms with E-state index in [2.05, 4.69) is 0 Å². The van der Waals surface area contributed by atoms with Gasteiger partial charge in [0.2, 0.25) is 0 Å². The van der Waals surface area contributed by atoms with Crippen LogP contribution in [0.2, 0.25) is 0 Å². The lowest BCUT2D eigenvalue weighted by molar-refractivity contribution is -0.339. The summed E-state index contributed by atoms with van der Waals surface area (Å²) in [5, 5.41) is 212. The van der Waals surface area contributed by atoms with Gasteiger partial charge in [-0.15, -0.1) is 0 Å². The number of aliphatic carboxylic acids is 3. The van der Waals surface area contributed by atoms with Crippen molar-refractivity contribution in [3.63, 3.8) is 0 Å². The monoisotopic (exact) mass is 1610 g/mol. The molecule has 0 amide bonds. The van der Waals surface area contributed by atoms with Crippen LogP contribution in [-0.4, -0.2) is 386 Å². The molecule has 6 saturated heterocycles. The zero-order chi connectivity index (χ0) is 81.8. The van der Waals surface area contributed by atoms with Crippen LogP contribution in [0.3, 0.4) is 0 Å². The molecular formula is C72H126O39. The van der Waals surface area contributed by atoms with Crippen LogP contribution in [0.4, 0.5) is 0 Å². The zero-order valence-electron chi connectivity index (χ0n) is 63.7. The minimum absolute atomic E-state index is 0.164. The van der Waals surface area contributed by atoms with E-state index in [0.717, 1.165) is 96.3 Å². The summed E-state index contributed by atoms with van der Waals surface area (Å²) in [6, 6.07) is 0. The quantitative estimate of drug-likeness (QED) is 0.0275. The van der Waals surface area contributed by atoms with Crippen LogP contribution in [0.15, 0.2) is 0 Å². The summed E-state index contributed by atoms with van der Waals surface area (Å²) in [5.41, 5.74) is 0. The second-order valence-corrected chi connectivity index (χ2v) is 30.9. The van der Waals surface area contributed by atoms with Gasteiger partial charge >= 0.3 is 17.9 Å². The van der Waals surface area contributed by atoms with E-state index < -0.39 is 259 Å². The molecule has 3 aliphatic carbocycles. The van der Waals surface area contributed by atoms with Gasteiger partial charge in [0.25, 0.3) is 0 Å². The van der Waals surface area contributed by atoms with Gasteiger partial charge in [0.15, 0.2) is 56.1 Å². The fourth-order valence-electron chi connectivity index (χ4n) is 15.3. The van der Waals surface area contributed by atoms with Crippen LogP contribution in [0.1, 0.15) is 157 Å². The van der Waals surface area contributed by atoms with Crippen LogP contribution in [0, 0.1) is 17.8 Å². The molecule has 9 aliphatic rings. The molecule has 21 N–H and O–H groups in total. The van der Waals surface area contributed by atoms with Crippen molar-refractivity contribution < 1.29 is 193 Å². The molecule has 0 spiro atoms. The van der Waals surface area contributed by atoms with Crippen LogP contribution in [0.25, 0.3) is 0 Å². The molecule has 648 valence electrons. The van der Waals surface area contributed by atoms with Crippen molar-refractivity contribution in [3.05, 3.63) is 0 Å². The Bertz CT molecular complexity index is 2660. The number of hydrogen-bond acceptors (Lipinski definition) is 36. The lowest BCUT2D eigenvalue weighted by Gasteiger charge is -2.44. The third-order valence-electron chi connectivity index (χ3n) is 22.4. The second-order valence-electron chi connectivity index (χ2n) is 30.9. The SMILES string of the molecule is CC1O[C@@H](OC(C)[C@@H](C)O[C@@H]2O[C@@H](CO)[C@H](O)C(O[C@@H](CC3CCCCC3)C(=O)O)C2O)C(O)[C@@H](O)[C@@H]1O.CC1O[C@@H](OCCO[C@@H]2O[C@@H](CO)[C@H](O)C(O[C@@H](CC3CCCCC3)C(=O)O)C2O)C(O)[C@@H](O)[C@@H]1O.CC1O[C@@H](OC[C@@H](C)O[C@@H]2O[C@@H](CO)[C@H](O)C(O[C@@H](CC3CCCCC3)C(=O)O)C2O)C(O)[C@@H](O)[C@@H]1O. The highest BCUT2D eigenvalue weighted by molar-refractivity contribution is 5.73. The maximum atomic E-state index is 12.0. The van der Waals surface area contributed by atoms with Crippen LogP contribution < -0.4 is 0 Å². The van der Waals surface area contributed by atoms with E-state index >= 15 is 0 Å². The highest BCUT2D eigenvalue weighted by Crippen LogP contribution is 2.37. The molecule has 9 rings (SSSR count). The summed E-state index contributed by atoms with van der Waals surface area (Å²) in [4.78, 5) is 35.7. The predicted molar refractivity (Wildman–Crippen MR) is 372 cm³/mol. The molecule has 6 aliphatic heterocycles. The standard InChI is InChI=1S/C25H44O13.C24H42O13.C23H40O13/c1-11(34-24-20(30)19(29)17(27)13(3)36-24)12(2)35-25-21(31)22(18(28)16(10-26)38-25)37-15(23(32)33)9-14-7-5-4-6-8-14;1-11(10-33-23-19(29)18(28)16(26)12(2)35-23)34-24-20(30)21(17(27)15(9-25)37-24)36-14(22(31)32)8-13-6-4-3-5-7-13;1-11-15(25)17(27)18(28)22(34-11)32-7-8-33-23-19(29)20(16(26)14(10-24)36-23)35-13(21(30)31)9-12-5-3-2-4-6-12/h11-22,24-31H,4-10H2,1-3H3,(H,32,33);11-21,23-30H,3-10H2,1-2H3,(H,31,32);11-20,22-29H,2-10H2,1H3,(H,30,31)/t11?,12-,13?,15+,16+,17-,18+,19+,20?,21?,22?,24-,25-;11-,12?,14+,15+,16-,17+,18+,19?,20?,21?,23-,24-;11?,13-,14-,15+,16-,17-,18?,19?,20?,22+,23+/m110/s1. The van der Waals surface area contributed by atoms with Gasteiger partial charge in [0.1, 0.15) is 128 Å². The van der Waals surface area contributed by atoms with Crippen molar-refractivity contribution in [2.45, 2.75) is 378 Å². The van der Waals surface area contributed by atoms with Crippen molar-refractivity contribution in [2.24, 2.45) is 17.8 Å². The topological polar surface area (TPSA) is 614 Å². The highest BCUT2D eigenvalue weighted by Gasteiger charge is 2.53. The molecule has 3 saturated carbocycles. The molecule has 39 heteroatoms. The van der Waals surface area contributed by atoms with Crippen molar-refractivity contribution >= 4 is 17.9 Å². The molecule has 9 fully saturated rings.